The van der Waals surface area contributed by atoms with Crippen molar-refractivity contribution in [1.82, 2.24) is 20.2 Å². The van der Waals surface area contributed by atoms with Crippen LogP contribution in [-0.4, -0.2) is 59.9 Å². The second kappa shape index (κ2) is 10.4. The average molecular weight is 434 g/mol. The predicted octanol–water partition coefficient (Wildman–Crippen LogP) is 3.04. The van der Waals surface area contributed by atoms with Crippen molar-refractivity contribution >= 4 is 17.4 Å². The van der Waals surface area contributed by atoms with Crippen LogP contribution >= 0.6 is 11.6 Å². The second-order valence-corrected chi connectivity index (χ2v) is 7.25. The van der Waals surface area contributed by atoms with E-state index in [0.717, 1.165) is 30.9 Å². The molecule has 0 amide bonds. The number of methoxy groups -OCH3 is 1. The van der Waals surface area contributed by atoms with Crippen LogP contribution in [-0.2, 0) is 0 Å². The Morgan fingerprint density at radius 1 is 1.33 bits per heavy atom. The number of aliphatic hydroxyl groups is 1. The first-order chi connectivity index (χ1) is 14.5. The number of benzene rings is 1. The Kier molecular flexibility index (Phi) is 7.62. The topological polar surface area (TPSA) is 82.5 Å². The molecule has 0 atom stereocenters. The second-order valence-electron chi connectivity index (χ2n) is 6.81. The fourth-order valence-electron chi connectivity index (χ4n) is 3.03. The first kappa shape index (κ1) is 22.0. The first-order valence-corrected chi connectivity index (χ1v) is 9.96. The lowest BCUT2D eigenvalue weighted by Gasteiger charge is -2.26. The van der Waals surface area contributed by atoms with Crippen LogP contribution in [0.4, 0.5) is 10.2 Å². The molecule has 1 aliphatic heterocycles. The zero-order valence-electron chi connectivity index (χ0n) is 17.0. The van der Waals surface area contributed by atoms with Crippen molar-refractivity contribution in [2.24, 2.45) is 0 Å². The maximum absolute atomic E-state index is 14.2. The fourth-order valence-corrected chi connectivity index (χ4v) is 3.20. The standard InChI is InChI=1S/C21H25ClFN5O2/c1-14-13-28(9-6-24-7-10-29)8-5-18(14)26-21-19(30-2)12-25-20(27-21)16-11-15(22)3-4-17(16)23/h3-5,8,11-12,24,29H,6-7,9-10,13H2,1-2H3,(H,25,26,27). The average Bonchev–Trinajstić information content (AvgIpc) is 2.74. The minimum absolute atomic E-state index is 0.130. The molecule has 0 aliphatic carbocycles. The molecule has 3 rings (SSSR count). The Labute approximate surface area is 180 Å². The number of allylic oxidation sites excluding steroid dienone is 1. The Morgan fingerprint density at radius 2 is 2.17 bits per heavy atom. The summed E-state index contributed by atoms with van der Waals surface area (Å²) in [6.45, 7) is 5.12. The molecule has 30 heavy (non-hydrogen) atoms. The number of hydrogen-bond donors (Lipinski definition) is 3. The predicted molar refractivity (Wildman–Crippen MR) is 116 cm³/mol. The van der Waals surface area contributed by atoms with Crippen molar-refractivity contribution in [2.45, 2.75) is 6.92 Å². The maximum Gasteiger partial charge on any atom is 0.179 e. The van der Waals surface area contributed by atoms with Gasteiger partial charge in [0.15, 0.2) is 17.4 Å². The lowest BCUT2D eigenvalue weighted by molar-refractivity contribution is 0.288. The number of aliphatic hydroxyl groups excluding tert-OH is 1. The quantitative estimate of drug-likeness (QED) is 0.524. The molecule has 0 saturated heterocycles. The van der Waals surface area contributed by atoms with E-state index in [0.29, 0.717) is 23.1 Å². The molecule has 0 saturated carbocycles. The molecule has 9 heteroatoms. The van der Waals surface area contributed by atoms with Gasteiger partial charge in [-0.1, -0.05) is 11.6 Å². The van der Waals surface area contributed by atoms with Crippen molar-refractivity contribution in [3.05, 3.63) is 58.8 Å². The minimum atomic E-state index is -0.450. The normalized spacial score (nSPS) is 13.7. The summed E-state index contributed by atoms with van der Waals surface area (Å²) in [5, 5.41) is 15.7. The Bertz CT molecular complexity index is 951. The van der Waals surface area contributed by atoms with Gasteiger partial charge in [0.25, 0.3) is 0 Å². The fraction of sp³-hybridized carbons (Fsp3) is 0.333. The number of halogens is 2. The zero-order chi connectivity index (χ0) is 21.5. The highest BCUT2D eigenvalue weighted by molar-refractivity contribution is 6.30. The van der Waals surface area contributed by atoms with E-state index < -0.39 is 5.82 Å². The first-order valence-electron chi connectivity index (χ1n) is 9.59. The third-order valence-corrected chi connectivity index (χ3v) is 4.85. The largest absolute Gasteiger partial charge is 0.491 e. The maximum atomic E-state index is 14.2. The number of hydrogen-bond acceptors (Lipinski definition) is 7. The Hall–Kier alpha value is -2.68. The van der Waals surface area contributed by atoms with Gasteiger partial charge in [0, 0.05) is 43.1 Å². The molecule has 0 bridgehead atoms. The van der Waals surface area contributed by atoms with Crippen LogP contribution in [0.25, 0.3) is 11.4 Å². The molecule has 1 aromatic carbocycles. The van der Waals surface area contributed by atoms with Crippen molar-refractivity contribution in [2.75, 3.05) is 45.2 Å². The van der Waals surface area contributed by atoms with E-state index in [9.17, 15) is 4.39 Å². The van der Waals surface area contributed by atoms with Gasteiger partial charge in [0.2, 0.25) is 0 Å². The van der Waals surface area contributed by atoms with E-state index in [2.05, 4.69) is 25.5 Å². The Balaban J connectivity index is 1.77. The van der Waals surface area contributed by atoms with Crippen LogP contribution in [0, 0.1) is 5.82 Å². The van der Waals surface area contributed by atoms with Crippen molar-refractivity contribution in [3.63, 3.8) is 0 Å². The van der Waals surface area contributed by atoms with Gasteiger partial charge in [-0.25, -0.2) is 14.4 Å². The van der Waals surface area contributed by atoms with E-state index >= 15 is 0 Å². The van der Waals surface area contributed by atoms with Gasteiger partial charge < -0.3 is 25.4 Å². The van der Waals surface area contributed by atoms with Gasteiger partial charge in [-0.15, -0.1) is 0 Å². The smallest absolute Gasteiger partial charge is 0.179 e. The van der Waals surface area contributed by atoms with Gasteiger partial charge in [0.05, 0.1) is 25.5 Å². The van der Waals surface area contributed by atoms with E-state index in [-0.39, 0.29) is 18.0 Å². The van der Waals surface area contributed by atoms with Crippen molar-refractivity contribution in [3.8, 4) is 17.1 Å². The highest BCUT2D eigenvalue weighted by Crippen LogP contribution is 2.29. The molecular weight excluding hydrogens is 409 g/mol. The number of rotatable bonds is 9. The molecule has 0 unspecified atom stereocenters. The summed E-state index contributed by atoms with van der Waals surface area (Å²) in [5.74, 6) is 0.659. The summed E-state index contributed by atoms with van der Waals surface area (Å²) in [5.41, 5.74) is 2.24. The summed E-state index contributed by atoms with van der Waals surface area (Å²) in [7, 11) is 1.53. The summed E-state index contributed by atoms with van der Waals surface area (Å²) >= 11 is 6.01. The molecule has 2 aromatic rings. The van der Waals surface area contributed by atoms with Gasteiger partial charge in [0.1, 0.15) is 5.82 Å². The van der Waals surface area contributed by atoms with Crippen LogP contribution in [0.5, 0.6) is 5.75 Å². The Morgan fingerprint density at radius 3 is 2.90 bits per heavy atom. The van der Waals surface area contributed by atoms with Crippen LogP contribution < -0.4 is 15.4 Å². The SMILES string of the molecule is COc1cnc(-c2cc(Cl)ccc2F)nc1NC1=C(C)CN(CCNCCO)C=C1. The number of nitrogens with one attached hydrogen (secondary N) is 2. The van der Waals surface area contributed by atoms with Crippen LogP contribution in [0.1, 0.15) is 6.92 Å². The molecule has 0 spiro atoms. The molecule has 2 heterocycles. The summed E-state index contributed by atoms with van der Waals surface area (Å²) in [4.78, 5) is 10.9. The minimum Gasteiger partial charge on any atom is -0.491 e. The monoisotopic (exact) mass is 433 g/mol. The van der Waals surface area contributed by atoms with Gasteiger partial charge in [-0.3, -0.25) is 0 Å². The number of nitrogens with zero attached hydrogens (tertiary/aromatic N) is 3. The van der Waals surface area contributed by atoms with E-state index in [4.69, 9.17) is 21.4 Å². The number of ether oxygens (including phenoxy) is 1. The lowest BCUT2D eigenvalue weighted by atomic mass is 10.1. The third-order valence-electron chi connectivity index (χ3n) is 4.61. The van der Waals surface area contributed by atoms with Crippen molar-refractivity contribution < 1.29 is 14.2 Å². The number of aromatic nitrogens is 2. The summed E-state index contributed by atoms with van der Waals surface area (Å²) < 4.78 is 19.6. The van der Waals surface area contributed by atoms with E-state index in [1.807, 2.05) is 19.2 Å². The van der Waals surface area contributed by atoms with Gasteiger partial charge >= 0.3 is 0 Å². The lowest BCUT2D eigenvalue weighted by Crippen LogP contribution is -2.32. The highest BCUT2D eigenvalue weighted by Gasteiger charge is 2.16. The highest BCUT2D eigenvalue weighted by atomic mass is 35.5. The molecule has 1 aromatic heterocycles. The van der Waals surface area contributed by atoms with Gasteiger partial charge in [-0.2, -0.15) is 0 Å². The van der Waals surface area contributed by atoms with E-state index in [1.165, 1.54) is 31.5 Å². The summed E-state index contributed by atoms with van der Waals surface area (Å²) in [6.07, 6.45) is 5.47. The van der Waals surface area contributed by atoms with Crippen LogP contribution in [0.15, 0.2) is 47.9 Å². The molecule has 0 fully saturated rings. The van der Waals surface area contributed by atoms with Crippen LogP contribution in [0.3, 0.4) is 0 Å². The van der Waals surface area contributed by atoms with Crippen molar-refractivity contribution in [1.29, 1.82) is 0 Å². The summed E-state index contributed by atoms with van der Waals surface area (Å²) in [6, 6.07) is 4.27. The molecular formula is C21H25ClFN5O2. The number of anilines is 1. The molecule has 1 aliphatic rings. The van der Waals surface area contributed by atoms with E-state index in [1.54, 1.807) is 0 Å². The third kappa shape index (κ3) is 5.47. The van der Waals surface area contributed by atoms with Gasteiger partial charge in [-0.05, 0) is 36.8 Å². The zero-order valence-corrected chi connectivity index (χ0v) is 17.7. The molecule has 7 nitrogen and oxygen atoms in total. The molecule has 160 valence electrons. The molecule has 3 N–H and O–H groups in total. The van der Waals surface area contributed by atoms with Crippen LogP contribution in [0.2, 0.25) is 5.02 Å². The molecule has 0 radical (unpaired) electrons.